The quantitative estimate of drug-likeness (QED) is 0.436. The number of primary amides is 1. The Morgan fingerprint density at radius 1 is 1.17 bits per heavy atom. The first kappa shape index (κ1) is 11.5. The van der Waals surface area contributed by atoms with Gasteiger partial charge in [0.15, 0.2) is 0 Å². The highest BCUT2D eigenvalue weighted by Crippen LogP contribution is 2.25. The highest BCUT2D eigenvalue weighted by atomic mass is 35.6. The van der Waals surface area contributed by atoms with Crippen LogP contribution in [0.5, 0.6) is 0 Å². The van der Waals surface area contributed by atoms with Crippen molar-refractivity contribution in [3.05, 3.63) is 0 Å². The summed E-state index contributed by atoms with van der Waals surface area (Å²) in [6.07, 6.45) is 0. The van der Waals surface area contributed by atoms with Gasteiger partial charge in [-0.05, 0) is 0 Å². The number of alkyl halides is 3. The molecule has 0 atom stereocenters. The number of carbonyl (C=O) groups excluding carboxylic acids is 3. The molecule has 3 N–H and O–H groups in total. The van der Waals surface area contributed by atoms with Gasteiger partial charge in [0.25, 0.3) is 9.70 Å². The third-order valence-electron chi connectivity index (χ3n) is 0.708. The van der Waals surface area contributed by atoms with Crippen molar-refractivity contribution in [2.75, 3.05) is 0 Å². The lowest BCUT2D eigenvalue weighted by atomic mass is 10.5. The van der Waals surface area contributed by atoms with Gasteiger partial charge in [-0.25, -0.2) is 0 Å². The SMILES string of the molecule is NC(=O)C(=O)NC(=O)C(Cl)(Cl)Cl. The molecule has 0 saturated heterocycles. The van der Waals surface area contributed by atoms with Crippen LogP contribution in [0.1, 0.15) is 0 Å². The molecule has 0 spiro atoms. The fourth-order valence-corrected chi connectivity index (χ4v) is 0.377. The summed E-state index contributed by atoms with van der Waals surface area (Å²) < 4.78 is -2.29. The molecule has 0 aromatic heterocycles. The van der Waals surface area contributed by atoms with Crippen LogP contribution >= 0.6 is 34.8 Å². The third-order valence-corrected chi connectivity index (χ3v) is 1.22. The maximum Gasteiger partial charge on any atom is 0.315 e. The first-order chi connectivity index (χ1) is 5.25. The van der Waals surface area contributed by atoms with Crippen molar-refractivity contribution >= 4 is 52.5 Å². The van der Waals surface area contributed by atoms with Crippen molar-refractivity contribution in [3.8, 4) is 0 Å². The number of hydrogen-bond donors (Lipinski definition) is 2. The number of rotatable bonds is 0. The number of nitrogens with two attached hydrogens (primary N) is 1. The van der Waals surface area contributed by atoms with Crippen LogP contribution in [0, 0.1) is 0 Å². The van der Waals surface area contributed by atoms with Gasteiger partial charge in [0.1, 0.15) is 0 Å². The monoisotopic (exact) mass is 232 g/mol. The smallest absolute Gasteiger partial charge is 0.315 e. The highest BCUT2D eigenvalue weighted by molar-refractivity contribution is 6.76. The fraction of sp³-hybridized carbons (Fsp3) is 0.250. The number of halogens is 3. The second kappa shape index (κ2) is 3.93. The highest BCUT2D eigenvalue weighted by Gasteiger charge is 2.32. The van der Waals surface area contributed by atoms with Crippen LogP contribution in [0.3, 0.4) is 0 Å². The Morgan fingerprint density at radius 3 is 1.83 bits per heavy atom. The molecule has 0 unspecified atom stereocenters. The van der Waals surface area contributed by atoms with E-state index >= 15 is 0 Å². The van der Waals surface area contributed by atoms with Crippen LogP contribution in [-0.2, 0) is 14.4 Å². The van der Waals surface area contributed by atoms with Crippen molar-refractivity contribution in [1.29, 1.82) is 0 Å². The normalized spacial score (nSPS) is 10.6. The molecule has 0 radical (unpaired) electrons. The molecular weight excluding hydrogens is 230 g/mol. The molecule has 5 nitrogen and oxygen atoms in total. The fourth-order valence-electron chi connectivity index (χ4n) is 0.236. The lowest BCUT2D eigenvalue weighted by Crippen LogP contribution is -2.44. The predicted molar refractivity (Wildman–Crippen MR) is 42.6 cm³/mol. The molecule has 0 aromatic carbocycles. The molecule has 0 fully saturated rings. The number of carbonyl (C=O) groups is 3. The lowest BCUT2D eigenvalue weighted by molar-refractivity contribution is -0.140. The summed E-state index contributed by atoms with van der Waals surface area (Å²) in [6, 6.07) is 0. The summed E-state index contributed by atoms with van der Waals surface area (Å²) in [5, 5.41) is 1.47. The Kier molecular flexibility index (Phi) is 3.76. The molecular formula is C4H3Cl3N2O3. The molecule has 0 bridgehead atoms. The van der Waals surface area contributed by atoms with E-state index in [2.05, 4.69) is 5.73 Å². The van der Waals surface area contributed by atoms with E-state index in [4.69, 9.17) is 34.8 Å². The van der Waals surface area contributed by atoms with Crippen LogP contribution in [0.4, 0.5) is 0 Å². The number of hydrogen-bond acceptors (Lipinski definition) is 3. The standard InChI is InChI=1S/C4H3Cl3N2O3/c5-4(6,7)3(12)9-2(11)1(8)10/h(H2,8,10)(H,9,11,12). The maximum atomic E-state index is 10.6. The molecule has 0 saturated carbocycles. The van der Waals surface area contributed by atoms with E-state index in [1.807, 2.05) is 0 Å². The minimum absolute atomic E-state index is 1.23. The van der Waals surface area contributed by atoms with Crippen LogP contribution in [0.15, 0.2) is 0 Å². The van der Waals surface area contributed by atoms with Gasteiger partial charge in [0.2, 0.25) is 0 Å². The van der Waals surface area contributed by atoms with E-state index in [1.54, 1.807) is 0 Å². The first-order valence-corrected chi connectivity index (χ1v) is 3.60. The zero-order valence-electron chi connectivity index (χ0n) is 5.44. The second-order valence-electron chi connectivity index (χ2n) is 1.65. The van der Waals surface area contributed by atoms with Gasteiger partial charge >= 0.3 is 11.8 Å². The van der Waals surface area contributed by atoms with Gasteiger partial charge < -0.3 is 5.73 Å². The van der Waals surface area contributed by atoms with Gasteiger partial charge in [0, 0.05) is 0 Å². The minimum Gasteiger partial charge on any atom is -0.361 e. The van der Waals surface area contributed by atoms with Crippen molar-refractivity contribution in [2.24, 2.45) is 5.73 Å². The van der Waals surface area contributed by atoms with E-state index in [1.165, 1.54) is 5.32 Å². The zero-order valence-corrected chi connectivity index (χ0v) is 7.70. The average Bonchev–Trinajstić information content (AvgIpc) is 1.85. The summed E-state index contributed by atoms with van der Waals surface area (Å²) in [5.74, 6) is -3.89. The molecule has 0 heterocycles. The molecule has 3 amide bonds. The predicted octanol–water partition coefficient (Wildman–Crippen LogP) is -0.515. The topological polar surface area (TPSA) is 89.3 Å². The van der Waals surface area contributed by atoms with E-state index in [0.29, 0.717) is 0 Å². The number of imide groups is 1. The third kappa shape index (κ3) is 3.75. The molecule has 68 valence electrons. The van der Waals surface area contributed by atoms with Gasteiger partial charge in [-0.15, -0.1) is 0 Å². The Balaban J connectivity index is 4.21. The molecule has 0 rings (SSSR count). The Morgan fingerprint density at radius 2 is 1.58 bits per heavy atom. The van der Waals surface area contributed by atoms with E-state index < -0.39 is 21.5 Å². The minimum atomic E-state index is -2.29. The van der Waals surface area contributed by atoms with Gasteiger partial charge in [-0.1, -0.05) is 34.8 Å². The molecule has 0 aliphatic carbocycles. The summed E-state index contributed by atoms with van der Waals surface area (Å²) in [7, 11) is 0. The summed E-state index contributed by atoms with van der Waals surface area (Å²) >= 11 is 15.1. The zero-order chi connectivity index (χ0) is 9.94. The molecule has 12 heavy (non-hydrogen) atoms. The largest absolute Gasteiger partial charge is 0.361 e. The van der Waals surface area contributed by atoms with Gasteiger partial charge in [-0.2, -0.15) is 0 Å². The van der Waals surface area contributed by atoms with Crippen molar-refractivity contribution < 1.29 is 14.4 Å². The Labute approximate surface area is 82.1 Å². The van der Waals surface area contributed by atoms with E-state index in [-0.39, 0.29) is 0 Å². The van der Waals surface area contributed by atoms with E-state index in [0.717, 1.165) is 0 Å². The molecule has 0 aliphatic heterocycles. The second-order valence-corrected chi connectivity index (χ2v) is 3.93. The number of nitrogens with one attached hydrogen (secondary N) is 1. The maximum absolute atomic E-state index is 10.6. The van der Waals surface area contributed by atoms with Crippen molar-refractivity contribution in [3.63, 3.8) is 0 Å². The first-order valence-electron chi connectivity index (χ1n) is 2.47. The Bertz CT molecular complexity index is 234. The number of amides is 3. The van der Waals surface area contributed by atoms with Crippen molar-refractivity contribution in [2.45, 2.75) is 3.79 Å². The molecule has 0 aliphatic rings. The van der Waals surface area contributed by atoms with E-state index in [9.17, 15) is 14.4 Å². The van der Waals surface area contributed by atoms with Crippen LogP contribution in [0.25, 0.3) is 0 Å². The lowest BCUT2D eigenvalue weighted by Gasteiger charge is -2.08. The van der Waals surface area contributed by atoms with Crippen LogP contribution < -0.4 is 11.1 Å². The summed E-state index contributed by atoms with van der Waals surface area (Å²) in [6.45, 7) is 0. The molecule has 8 heteroatoms. The van der Waals surface area contributed by atoms with Gasteiger partial charge in [0.05, 0.1) is 0 Å². The summed E-state index contributed by atoms with van der Waals surface area (Å²) in [5.41, 5.74) is 4.50. The Hall–Kier alpha value is -0.520. The van der Waals surface area contributed by atoms with Crippen molar-refractivity contribution in [1.82, 2.24) is 5.32 Å². The van der Waals surface area contributed by atoms with Crippen LogP contribution in [-0.4, -0.2) is 21.5 Å². The van der Waals surface area contributed by atoms with Crippen LogP contribution in [0.2, 0.25) is 0 Å². The van der Waals surface area contributed by atoms with Gasteiger partial charge in [-0.3, -0.25) is 19.7 Å². The average molecular weight is 233 g/mol. The summed E-state index contributed by atoms with van der Waals surface area (Å²) in [4.78, 5) is 31.2. The molecule has 0 aromatic rings.